The molecule has 1 aromatic rings. The van der Waals surface area contributed by atoms with Crippen LogP contribution in [0.15, 0.2) is 23.2 Å². The van der Waals surface area contributed by atoms with Crippen LogP contribution >= 0.6 is 11.8 Å². The Bertz CT molecular complexity index is 557. The molecule has 0 saturated carbocycles. The number of aliphatic imine (C=N–C) groups is 1. The fraction of sp³-hybridized carbons (Fsp3) is 0.500. The Morgan fingerprint density at radius 1 is 1.57 bits per heavy atom. The first-order valence-corrected chi connectivity index (χ1v) is 8.20. The van der Waals surface area contributed by atoms with Crippen LogP contribution in [-0.2, 0) is 4.74 Å². The fourth-order valence-electron chi connectivity index (χ4n) is 2.20. The first-order valence-electron chi connectivity index (χ1n) is 7.22. The summed E-state index contributed by atoms with van der Waals surface area (Å²) in [7, 11) is 1.39. The molecule has 0 spiro atoms. The van der Waals surface area contributed by atoms with Gasteiger partial charge in [-0.1, -0.05) is 32.0 Å². The van der Waals surface area contributed by atoms with Gasteiger partial charge in [0.1, 0.15) is 0 Å². The molecule has 0 bridgehead atoms. The number of carbonyl (C=O) groups excluding carboxylic acids is 1. The van der Waals surface area contributed by atoms with Gasteiger partial charge in [0.25, 0.3) is 0 Å². The second kappa shape index (κ2) is 6.98. The summed E-state index contributed by atoms with van der Waals surface area (Å²) in [6.07, 6.45) is 1.17. The Morgan fingerprint density at radius 2 is 2.33 bits per heavy atom. The van der Waals surface area contributed by atoms with Gasteiger partial charge < -0.3 is 10.1 Å². The maximum atomic E-state index is 11.5. The lowest BCUT2D eigenvalue weighted by atomic mass is 10.0. The molecule has 0 aromatic heterocycles. The van der Waals surface area contributed by atoms with Gasteiger partial charge in [0.15, 0.2) is 5.17 Å². The van der Waals surface area contributed by atoms with Crippen molar-refractivity contribution in [1.29, 1.82) is 0 Å². The molecule has 2 rings (SSSR count). The largest absolute Gasteiger partial charge is 0.465 e. The lowest BCUT2D eigenvalue weighted by Crippen LogP contribution is -2.32. The molecule has 21 heavy (non-hydrogen) atoms. The Kier molecular flexibility index (Phi) is 5.28. The summed E-state index contributed by atoms with van der Waals surface area (Å²) in [4.78, 5) is 16.2. The zero-order valence-electron chi connectivity index (χ0n) is 13.0. The van der Waals surface area contributed by atoms with E-state index in [1.165, 1.54) is 13.5 Å². The van der Waals surface area contributed by atoms with Gasteiger partial charge in [0, 0.05) is 11.8 Å². The Hall–Kier alpha value is -1.49. The summed E-state index contributed by atoms with van der Waals surface area (Å²) < 4.78 is 4.73. The molecule has 2 atom stereocenters. The van der Waals surface area contributed by atoms with Gasteiger partial charge in [0.2, 0.25) is 0 Å². The summed E-state index contributed by atoms with van der Waals surface area (Å²) in [5.41, 5.74) is 2.42. The van der Waals surface area contributed by atoms with Crippen LogP contribution < -0.4 is 5.32 Å². The zero-order valence-corrected chi connectivity index (χ0v) is 13.8. The summed E-state index contributed by atoms with van der Waals surface area (Å²) in [6.45, 7) is 6.43. The van der Waals surface area contributed by atoms with E-state index in [9.17, 15) is 4.79 Å². The molecule has 1 aromatic carbocycles. The van der Waals surface area contributed by atoms with Crippen molar-refractivity contribution in [3.8, 4) is 0 Å². The predicted octanol–water partition coefficient (Wildman–Crippen LogP) is 3.52. The fourth-order valence-corrected chi connectivity index (χ4v) is 3.35. The van der Waals surface area contributed by atoms with Gasteiger partial charge in [0.05, 0.1) is 18.4 Å². The maximum Gasteiger partial charge on any atom is 0.337 e. The van der Waals surface area contributed by atoms with E-state index in [1.807, 2.05) is 19.1 Å². The Balaban J connectivity index is 2.13. The standard InChI is InChI=1S/C16H22N2O2S/c1-5-10(2)14-9-21-16(18-14)17-13-7-6-12(8-11(13)3)15(19)20-4/h6-8,10,14H,5,9H2,1-4H3,(H,17,18)/t10?,14-/m1/s1. The molecule has 1 heterocycles. The van der Waals surface area contributed by atoms with E-state index in [1.54, 1.807) is 17.8 Å². The number of amidine groups is 1. The number of nitrogens with one attached hydrogen (secondary N) is 1. The maximum absolute atomic E-state index is 11.5. The van der Waals surface area contributed by atoms with E-state index in [0.29, 0.717) is 17.5 Å². The Labute approximate surface area is 130 Å². The summed E-state index contributed by atoms with van der Waals surface area (Å²) in [5, 5.41) is 4.45. The molecule has 0 aliphatic carbocycles. The van der Waals surface area contributed by atoms with Crippen molar-refractivity contribution in [2.24, 2.45) is 10.9 Å². The lowest BCUT2D eigenvalue weighted by Gasteiger charge is -2.16. The number of ether oxygens (including phenoxy) is 1. The van der Waals surface area contributed by atoms with E-state index in [0.717, 1.165) is 22.2 Å². The normalized spacial score (nSPS) is 21.1. The topological polar surface area (TPSA) is 50.7 Å². The number of rotatable bonds is 4. The third kappa shape index (κ3) is 3.79. The monoisotopic (exact) mass is 306 g/mol. The minimum absolute atomic E-state index is 0.317. The van der Waals surface area contributed by atoms with Crippen LogP contribution in [0.1, 0.15) is 36.2 Å². The quantitative estimate of drug-likeness (QED) is 0.865. The molecule has 0 radical (unpaired) electrons. The molecule has 1 fully saturated rings. The van der Waals surface area contributed by atoms with E-state index >= 15 is 0 Å². The van der Waals surface area contributed by atoms with Gasteiger partial charge in [-0.25, -0.2) is 9.79 Å². The molecule has 4 nitrogen and oxygen atoms in total. The average Bonchev–Trinajstić information content (AvgIpc) is 2.96. The van der Waals surface area contributed by atoms with Crippen molar-refractivity contribution in [2.45, 2.75) is 33.2 Å². The molecule has 1 unspecified atom stereocenters. The molecule has 1 saturated heterocycles. The minimum Gasteiger partial charge on any atom is -0.465 e. The van der Waals surface area contributed by atoms with Crippen LogP contribution in [0, 0.1) is 12.8 Å². The highest BCUT2D eigenvalue weighted by atomic mass is 32.2. The minimum atomic E-state index is -0.317. The van der Waals surface area contributed by atoms with Crippen molar-refractivity contribution in [3.05, 3.63) is 29.3 Å². The number of carbonyl (C=O) groups is 1. The van der Waals surface area contributed by atoms with Gasteiger partial charge >= 0.3 is 5.97 Å². The molecule has 1 N–H and O–H groups in total. The molecule has 114 valence electrons. The molecule has 1 aliphatic heterocycles. The SMILES string of the molecule is CCC(C)[C@H]1CSC(=Nc2ccc(C(=O)OC)cc2C)N1. The van der Waals surface area contributed by atoms with Gasteiger partial charge in [-0.3, -0.25) is 0 Å². The number of hydrogen-bond acceptors (Lipinski definition) is 4. The number of esters is 1. The van der Waals surface area contributed by atoms with Gasteiger partial charge in [-0.05, 0) is 36.6 Å². The van der Waals surface area contributed by atoms with Gasteiger partial charge in [-0.2, -0.15) is 0 Å². The van der Waals surface area contributed by atoms with Crippen LogP contribution in [0.25, 0.3) is 0 Å². The number of benzene rings is 1. The van der Waals surface area contributed by atoms with Crippen molar-refractivity contribution in [1.82, 2.24) is 5.32 Å². The van der Waals surface area contributed by atoms with Crippen LogP contribution in [-0.4, -0.2) is 30.0 Å². The predicted molar refractivity (Wildman–Crippen MR) is 88.5 cm³/mol. The van der Waals surface area contributed by atoms with Crippen LogP contribution in [0.2, 0.25) is 0 Å². The highest BCUT2D eigenvalue weighted by Crippen LogP contribution is 2.26. The smallest absolute Gasteiger partial charge is 0.337 e. The number of nitrogens with zero attached hydrogens (tertiary/aromatic N) is 1. The number of aryl methyl sites for hydroxylation is 1. The first-order chi connectivity index (χ1) is 10.0. The second-order valence-electron chi connectivity index (χ2n) is 5.36. The summed E-state index contributed by atoms with van der Waals surface area (Å²) >= 11 is 1.76. The zero-order chi connectivity index (χ0) is 15.4. The van der Waals surface area contributed by atoms with Crippen molar-refractivity contribution in [3.63, 3.8) is 0 Å². The molecular formula is C16H22N2O2S. The molecular weight excluding hydrogens is 284 g/mol. The third-order valence-electron chi connectivity index (χ3n) is 3.88. The molecule has 0 amide bonds. The van der Waals surface area contributed by atoms with E-state index < -0.39 is 0 Å². The van der Waals surface area contributed by atoms with Crippen LogP contribution in [0.3, 0.4) is 0 Å². The average molecular weight is 306 g/mol. The number of thioether (sulfide) groups is 1. The molecule has 1 aliphatic rings. The van der Waals surface area contributed by atoms with Crippen LogP contribution in [0.4, 0.5) is 5.69 Å². The summed E-state index contributed by atoms with van der Waals surface area (Å²) in [6, 6.07) is 5.93. The van der Waals surface area contributed by atoms with Gasteiger partial charge in [-0.15, -0.1) is 0 Å². The third-order valence-corrected chi connectivity index (χ3v) is 4.89. The van der Waals surface area contributed by atoms with Crippen molar-refractivity contribution < 1.29 is 9.53 Å². The van der Waals surface area contributed by atoms with E-state index in [4.69, 9.17) is 4.74 Å². The van der Waals surface area contributed by atoms with E-state index in [-0.39, 0.29) is 5.97 Å². The second-order valence-corrected chi connectivity index (χ2v) is 6.37. The van der Waals surface area contributed by atoms with Crippen LogP contribution in [0.5, 0.6) is 0 Å². The Morgan fingerprint density at radius 3 is 2.95 bits per heavy atom. The van der Waals surface area contributed by atoms with E-state index in [2.05, 4.69) is 24.2 Å². The van der Waals surface area contributed by atoms with Crippen molar-refractivity contribution >= 4 is 28.6 Å². The first kappa shape index (κ1) is 15.9. The highest BCUT2D eigenvalue weighted by Gasteiger charge is 2.24. The number of methoxy groups -OCH3 is 1. The number of hydrogen-bond donors (Lipinski definition) is 1. The summed E-state index contributed by atoms with van der Waals surface area (Å²) in [5.74, 6) is 1.39. The van der Waals surface area contributed by atoms with Crippen molar-refractivity contribution in [2.75, 3.05) is 12.9 Å². The molecule has 5 heteroatoms. The lowest BCUT2D eigenvalue weighted by molar-refractivity contribution is 0.0600. The highest BCUT2D eigenvalue weighted by molar-refractivity contribution is 8.14.